The third-order valence-corrected chi connectivity index (χ3v) is 4.74. The number of aryl methyl sites for hydroxylation is 3. The van der Waals surface area contributed by atoms with E-state index in [1.165, 1.54) is 6.08 Å². The molecule has 0 saturated carbocycles. The fraction of sp³-hybridized carbons (Fsp3) is 0.190. The van der Waals surface area contributed by atoms with Crippen molar-refractivity contribution in [2.75, 3.05) is 4.90 Å². The van der Waals surface area contributed by atoms with Crippen LogP contribution in [0.1, 0.15) is 27.8 Å². The van der Waals surface area contributed by atoms with E-state index < -0.39 is 17.8 Å². The zero-order valence-electron chi connectivity index (χ0n) is 15.6. The highest BCUT2D eigenvalue weighted by atomic mass is 16.3. The van der Waals surface area contributed by atoms with E-state index in [9.17, 15) is 19.5 Å². The molecular formula is C21H20N2O4. The normalized spacial score (nSPS) is 16.1. The van der Waals surface area contributed by atoms with Crippen LogP contribution in [0.5, 0.6) is 5.75 Å². The minimum atomic E-state index is -0.770. The van der Waals surface area contributed by atoms with Crippen LogP contribution in [0.3, 0.4) is 0 Å². The van der Waals surface area contributed by atoms with E-state index in [1.54, 1.807) is 38.1 Å². The molecule has 0 aromatic heterocycles. The van der Waals surface area contributed by atoms with Gasteiger partial charge in [-0.3, -0.25) is 14.9 Å². The molecule has 6 heteroatoms. The van der Waals surface area contributed by atoms with Crippen molar-refractivity contribution in [3.05, 3.63) is 63.7 Å². The van der Waals surface area contributed by atoms with Gasteiger partial charge in [0.05, 0.1) is 5.69 Å². The summed E-state index contributed by atoms with van der Waals surface area (Å²) in [4.78, 5) is 38.6. The zero-order chi connectivity index (χ0) is 19.9. The minimum Gasteiger partial charge on any atom is -0.507 e. The fourth-order valence-electron chi connectivity index (χ4n) is 3.09. The Hall–Kier alpha value is -3.41. The first kappa shape index (κ1) is 18.4. The summed E-state index contributed by atoms with van der Waals surface area (Å²) >= 11 is 0. The lowest BCUT2D eigenvalue weighted by molar-refractivity contribution is -0.122. The summed E-state index contributed by atoms with van der Waals surface area (Å²) in [5.41, 5.74) is 3.87. The number of benzene rings is 2. The summed E-state index contributed by atoms with van der Waals surface area (Å²) in [7, 11) is 0. The molecule has 0 radical (unpaired) electrons. The molecule has 0 aliphatic carbocycles. The third kappa shape index (κ3) is 3.21. The summed E-state index contributed by atoms with van der Waals surface area (Å²) in [5.74, 6) is -1.25. The quantitative estimate of drug-likeness (QED) is 0.632. The van der Waals surface area contributed by atoms with Crippen LogP contribution < -0.4 is 10.2 Å². The Labute approximate surface area is 157 Å². The van der Waals surface area contributed by atoms with Gasteiger partial charge in [0, 0.05) is 0 Å². The van der Waals surface area contributed by atoms with Crippen molar-refractivity contribution >= 4 is 29.6 Å². The highest BCUT2D eigenvalue weighted by Gasteiger charge is 2.37. The van der Waals surface area contributed by atoms with E-state index in [2.05, 4.69) is 5.32 Å². The predicted octanol–water partition coefficient (Wildman–Crippen LogP) is 3.29. The number of amides is 4. The fourth-order valence-corrected chi connectivity index (χ4v) is 3.09. The van der Waals surface area contributed by atoms with E-state index in [0.717, 1.165) is 16.0 Å². The average molecular weight is 364 g/mol. The molecule has 2 aromatic rings. The maximum Gasteiger partial charge on any atom is 0.335 e. The number of nitrogens with one attached hydrogen (secondary N) is 1. The molecule has 27 heavy (non-hydrogen) atoms. The van der Waals surface area contributed by atoms with Gasteiger partial charge in [-0.05, 0) is 79.8 Å². The standard InChI is InChI=1S/C21H20N2O4/c1-11-6-5-7-17(14(11)4)23-20(26)16(19(25)22-21(23)27)10-15-8-12(2)18(24)13(3)9-15/h5-10,24H,1-4H3,(H,22,25,27)/b16-10+. The van der Waals surface area contributed by atoms with Gasteiger partial charge in [-0.1, -0.05) is 12.1 Å². The zero-order valence-corrected chi connectivity index (χ0v) is 15.6. The number of aromatic hydroxyl groups is 1. The van der Waals surface area contributed by atoms with Crippen LogP contribution in [-0.2, 0) is 9.59 Å². The van der Waals surface area contributed by atoms with Crippen LogP contribution in [0, 0.1) is 27.7 Å². The topological polar surface area (TPSA) is 86.7 Å². The summed E-state index contributed by atoms with van der Waals surface area (Å²) in [6, 6.07) is 7.89. The van der Waals surface area contributed by atoms with Gasteiger partial charge < -0.3 is 5.11 Å². The van der Waals surface area contributed by atoms with Crippen molar-refractivity contribution in [3.63, 3.8) is 0 Å². The number of barbiturate groups is 1. The summed E-state index contributed by atoms with van der Waals surface area (Å²) in [6.45, 7) is 7.17. The number of phenolic OH excluding ortho intramolecular Hbond substituents is 1. The Morgan fingerprint density at radius 2 is 1.59 bits per heavy atom. The second kappa shape index (κ2) is 6.72. The number of imide groups is 2. The minimum absolute atomic E-state index is 0.139. The molecule has 1 aliphatic heterocycles. The van der Waals surface area contributed by atoms with Crippen molar-refractivity contribution in [1.82, 2.24) is 5.32 Å². The van der Waals surface area contributed by atoms with Crippen molar-refractivity contribution in [1.29, 1.82) is 0 Å². The second-order valence-corrected chi connectivity index (χ2v) is 6.68. The number of anilines is 1. The van der Waals surface area contributed by atoms with Gasteiger partial charge in [-0.2, -0.15) is 0 Å². The molecule has 4 amide bonds. The highest BCUT2D eigenvalue weighted by molar-refractivity contribution is 6.39. The predicted molar refractivity (Wildman–Crippen MR) is 102 cm³/mol. The molecule has 0 spiro atoms. The summed E-state index contributed by atoms with van der Waals surface area (Å²) in [6.07, 6.45) is 1.43. The van der Waals surface area contributed by atoms with Crippen molar-refractivity contribution in [2.45, 2.75) is 27.7 Å². The van der Waals surface area contributed by atoms with Gasteiger partial charge in [-0.15, -0.1) is 0 Å². The lowest BCUT2D eigenvalue weighted by atomic mass is 10.0. The van der Waals surface area contributed by atoms with E-state index in [1.807, 2.05) is 19.9 Å². The first-order valence-electron chi connectivity index (χ1n) is 8.48. The summed E-state index contributed by atoms with van der Waals surface area (Å²) in [5, 5.41) is 12.1. The smallest absolute Gasteiger partial charge is 0.335 e. The number of hydrogen-bond acceptors (Lipinski definition) is 4. The van der Waals surface area contributed by atoms with Crippen LogP contribution >= 0.6 is 0 Å². The van der Waals surface area contributed by atoms with Crippen LogP contribution in [0.2, 0.25) is 0 Å². The molecule has 6 nitrogen and oxygen atoms in total. The van der Waals surface area contributed by atoms with Crippen molar-refractivity contribution in [2.24, 2.45) is 0 Å². The molecule has 0 bridgehead atoms. The monoisotopic (exact) mass is 364 g/mol. The maximum atomic E-state index is 13.0. The number of phenols is 1. The van der Waals surface area contributed by atoms with Gasteiger partial charge in [0.2, 0.25) is 0 Å². The second-order valence-electron chi connectivity index (χ2n) is 6.68. The van der Waals surface area contributed by atoms with E-state index >= 15 is 0 Å². The summed E-state index contributed by atoms with van der Waals surface area (Å²) < 4.78 is 0. The van der Waals surface area contributed by atoms with Crippen LogP contribution in [0.15, 0.2) is 35.9 Å². The Morgan fingerprint density at radius 3 is 2.22 bits per heavy atom. The molecule has 1 saturated heterocycles. The van der Waals surface area contributed by atoms with E-state index in [0.29, 0.717) is 22.4 Å². The molecule has 3 rings (SSSR count). The number of nitrogens with zero attached hydrogens (tertiary/aromatic N) is 1. The average Bonchev–Trinajstić information content (AvgIpc) is 2.60. The third-order valence-electron chi connectivity index (χ3n) is 4.74. The number of carbonyl (C=O) groups is 3. The van der Waals surface area contributed by atoms with Crippen LogP contribution in [0.4, 0.5) is 10.5 Å². The number of hydrogen-bond donors (Lipinski definition) is 2. The molecule has 2 N–H and O–H groups in total. The largest absolute Gasteiger partial charge is 0.507 e. The molecule has 2 aromatic carbocycles. The first-order valence-corrected chi connectivity index (χ1v) is 8.48. The molecule has 0 unspecified atom stereocenters. The number of rotatable bonds is 2. The highest BCUT2D eigenvalue weighted by Crippen LogP contribution is 2.28. The van der Waals surface area contributed by atoms with Gasteiger partial charge in [0.25, 0.3) is 11.8 Å². The van der Waals surface area contributed by atoms with Crippen LogP contribution in [-0.4, -0.2) is 23.0 Å². The molecule has 1 aliphatic rings. The van der Waals surface area contributed by atoms with Gasteiger partial charge in [0.15, 0.2) is 0 Å². The molecule has 0 atom stereocenters. The number of carbonyl (C=O) groups excluding carboxylic acids is 3. The van der Waals surface area contributed by atoms with Crippen LogP contribution in [0.25, 0.3) is 6.08 Å². The van der Waals surface area contributed by atoms with E-state index in [-0.39, 0.29) is 11.3 Å². The van der Waals surface area contributed by atoms with Gasteiger partial charge in [-0.25, -0.2) is 9.69 Å². The van der Waals surface area contributed by atoms with Crippen molar-refractivity contribution < 1.29 is 19.5 Å². The van der Waals surface area contributed by atoms with Gasteiger partial charge >= 0.3 is 6.03 Å². The Morgan fingerprint density at radius 1 is 0.963 bits per heavy atom. The molecule has 1 heterocycles. The van der Waals surface area contributed by atoms with Gasteiger partial charge in [0.1, 0.15) is 11.3 Å². The number of urea groups is 1. The molecule has 138 valence electrons. The lowest BCUT2D eigenvalue weighted by Crippen LogP contribution is -2.54. The van der Waals surface area contributed by atoms with E-state index in [4.69, 9.17) is 0 Å². The van der Waals surface area contributed by atoms with Crippen molar-refractivity contribution in [3.8, 4) is 5.75 Å². The maximum absolute atomic E-state index is 13.0. The first-order chi connectivity index (χ1) is 12.7. The Kier molecular flexibility index (Phi) is 4.57. The Bertz CT molecular complexity index is 998. The Balaban J connectivity index is 2.09. The molecule has 1 fully saturated rings. The molecular weight excluding hydrogens is 344 g/mol. The lowest BCUT2D eigenvalue weighted by Gasteiger charge is -2.28. The SMILES string of the molecule is Cc1cccc(N2C(=O)NC(=O)/C(=C\c3cc(C)c(O)c(C)c3)C2=O)c1C.